The highest BCUT2D eigenvalue weighted by molar-refractivity contribution is 5.85. The normalized spacial score (nSPS) is 16.3. The molecule has 0 aromatic rings. The molecule has 0 aromatic heterocycles. The van der Waals surface area contributed by atoms with Crippen molar-refractivity contribution in [1.29, 1.82) is 0 Å². The number of rotatable bonds is 5. The largest absolute Gasteiger partial charge is 0.338 e. The average molecular weight is 247 g/mol. The quantitative estimate of drug-likeness (QED) is 0.754. The van der Waals surface area contributed by atoms with Gasteiger partial charge in [0.1, 0.15) is 0 Å². The molecule has 1 amide bonds. The van der Waals surface area contributed by atoms with Gasteiger partial charge in [-0.1, -0.05) is 25.3 Å². The van der Waals surface area contributed by atoms with Crippen LogP contribution in [0.5, 0.6) is 0 Å². The standard InChI is InChI=1S/C12H22N2O.ClH/c1-2-8-14(12(15)9-13)10-11-6-4-3-5-7-11;/h2,11H,1,3-10,13H2;1H. The SMILES string of the molecule is C=CCN(CC1CCCCC1)C(=O)CN.Cl. The van der Waals surface area contributed by atoms with Crippen molar-refractivity contribution in [3.8, 4) is 0 Å². The second kappa shape index (κ2) is 8.59. The molecule has 1 aliphatic carbocycles. The van der Waals surface area contributed by atoms with Crippen LogP contribution in [0.2, 0.25) is 0 Å². The highest BCUT2D eigenvalue weighted by Crippen LogP contribution is 2.24. The van der Waals surface area contributed by atoms with Crippen LogP contribution in [-0.4, -0.2) is 30.4 Å². The number of carbonyl (C=O) groups is 1. The Balaban J connectivity index is 0.00000225. The molecular weight excluding hydrogens is 224 g/mol. The van der Waals surface area contributed by atoms with Crippen LogP contribution < -0.4 is 5.73 Å². The molecule has 94 valence electrons. The minimum Gasteiger partial charge on any atom is -0.338 e. The first-order valence-corrected chi connectivity index (χ1v) is 5.86. The van der Waals surface area contributed by atoms with Crippen LogP contribution in [0, 0.1) is 5.92 Å². The first-order valence-electron chi connectivity index (χ1n) is 5.86. The summed E-state index contributed by atoms with van der Waals surface area (Å²) in [4.78, 5) is 13.4. The number of hydrogen-bond donors (Lipinski definition) is 1. The van der Waals surface area contributed by atoms with Gasteiger partial charge >= 0.3 is 0 Å². The van der Waals surface area contributed by atoms with Crippen molar-refractivity contribution in [3.63, 3.8) is 0 Å². The molecule has 0 aliphatic heterocycles. The fourth-order valence-electron chi connectivity index (χ4n) is 2.24. The van der Waals surface area contributed by atoms with E-state index in [1.165, 1.54) is 32.1 Å². The molecule has 0 saturated heterocycles. The van der Waals surface area contributed by atoms with Crippen molar-refractivity contribution in [2.75, 3.05) is 19.6 Å². The Hall–Kier alpha value is -0.540. The van der Waals surface area contributed by atoms with E-state index < -0.39 is 0 Å². The van der Waals surface area contributed by atoms with Crippen molar-refractivity contribution in [3.05, 3.63) is 12.7 Å². The summed E-state index contributed by atoms with van der Waals surface area (Å²) in [5, 5.41) is 0. The van der Waals surface area contributed by atoms with Gasteiger partial charge in [0, 0.05) is 13.1 Å². The Kier molecular flexibility index (Phi) is 8.30. The van der Waals surface area contributed by atoms with E-state index in [4.69, 9.17) is 5.73 Å². The summed E-state index contributed by atoms with van der Waals surface area (Å²) in [6.07, 6.45) is 8.25. The van der Waals surface area contributed by atoms with Gasteiger partial charge < -0.3 is 10.6 Å². The van der Waals surface area contributed by atoms with Crippen LogP contribution >= 0.6 is 12.4 Å². The number of nitrogens with two attached hydrogens (primary N) is 1. The summed E-state index contributed by atoms with van der Waals surface area (Å²) in [5.74, 6) is 0.717. The third-order valence-corrected chi connectivity index (χ3v) is 3.08. The molecule has 2 N–H and O–H groups in total. The van der Waals surface area contributed by atoms with Gasteiger partial charge in [-0.05, 0) is 18.8 Å². The zero-order valence-electron chi connectivity index (χ0n) is 9.86. The third kappa shape index (κ3) is 4.99. The van der Waals surface area contributed by atoms with Gasteiger partial charge in [-0.15, -0.1) is 19.0 Å². The predicted octanol–water partition coefficient (Wildman–Crippen LogP) is 1.96. The van der Waals surface area contributed by atoms with Crippen molar-refractivity contribution < 1.29 is 4.79 Å². The van der Waals surface area contributed by atoms with Crippen LogP contribution in [0.3, 0.4) is 0 Å². The number of carbonyl (C=O) groups excluding carboxylic acids is 1. The van der Waals surface area contributed by atoms with Gasteiger partial charge in [0.25, 0.3) is 0 Å². The first-order chi connectivity index (χ1) is 7.27. The Morgan fingerprint density at radius 3 is 2.50 bits per heavy atom. The summed E-state index contributed by atoms with van der Waals surface area (Å²) in [6.45, 7) is 5.28. The van der Waals surface area contributed by atoms with Crippen LogP contribution in [0.25, 0.3) is 0 Å². The highest BCUT2D eigenvalue weighted by atomic mass is 35.5. The maximum atomic E-state index is 11.5. The predicted molar refractivity (Wildman–Crippen MR) is 69.7 cm³/mol. The van der Waals surface area contributed by atoms with Crippen molar-refractivity contribution >= 4 is 18.3 Å². The number of hydrogen-bond acceptors (Lipinski definition) is 2. The minimum absolute atomic E-state index is 0. The molecule has 0 spiro atoms. The van der Waals surface area contributed by atoms with Gasteiger partial charge in [0.15, 0.2) is 0 Å². The van der Waals surface area contributed by atoms with Crippen LogP contribution in [0.1, 0.15) is 32.1 Å². The fourth-order valence-corrected chi connectivity index (χ4v) is 2.24. The molecule has 0 bridgehead atoms. The molecular formula is C12H23ClN2O. The molecule has 1 rings (SSSR count). The Bertz CT molecular complexity index is 215. The monoisotopic (exact) mass is 246 g/mol. The lowest BCUT2D eigenvalue weighted by Crippen LogP contribution is -2.39. The van der Waals surface area contributed by atoms with Crippen molar-refractivity contribution in [1.82, 2.24) is 4.90 Å². The van der Waals surface area contributed by atoms with E-state index >= 15 is 0 Å². The maximum absolute atomic E-state index is 11.5. The Labute approximate surface area is 104 Å². The van der Waals surface area contributed by atoms with E-state index in [0.717, 1.165) is 6.54 Å². The molecule has 16 heavy (non-hydrogen) atoms. The molecule has 3 nitrogen and oxygen atoms in total. The van der Waals surface area contributed by atoms with Crippen LogP contribution in [-0.2, 0) is 4.79 Å². The molecule has 1 aliphatic rings. The topological polar surface area (TPSA) is 46.3 Å². The first kappa shape index (κ1) is 15.5. The van der Waals surface area contributed by atoms with Crippen molar-refractivity contribution in [2.24, 2.45) is 11.7 Å². The third-order valence-electron chi connectivity index (χ3n) is 3.08. The van der Waals surface area contributed by atoms with Gasteiger partial charge in [-0.2, -0.15) is 0 Å². The van der Waals surface area contributed by atoms with Crippen LogP contribution in [0.4, 0.5) is 0 Å². The molecule has 1 saturated carbocycles. The van der Waals surface area contributed by atoms with E-state index in [-0.39, 0.29) is 24.9 Å². The summed E-state index contributed by atoms with van der Waals surface area (Å²) < 4.78 is 0. The second-order valence-electron chi connectivity index (χ2n) is 4.30. The van der Waals surface area contributed by atoms with E-state index in [1.807, 2.05) is 4.90 Å². The van der Waals surface area contributed by atoms with Gasteiger partial charge in [-0.25, -0.2) is 0 Å². The molecule has 1 fully saturated rings. The number of amides is 1. The summed E-state index contributed by atoms with van der Waals surface area (Å²) in [5.41, 5.74) is 5.38. The smallest absolute Gasteiger partial charge is 0.236 e. The molecule has 0 aromatic carbocycles. The molecule has 0 atom stereocenters. The zero-order valence-corrected chi connectivity index (χ0v) is 10.7. The lowest BCUT2D eigenvalue weighted by Gasteiger charge is -2.28. The van der Waals surface area contributed by atoms with E-state index in [0.29, 0.717) is 12.5 Å². The van der Waals surface area contributed by atoms with E-state index in [2.05, 4.69) is 6.58 Å². The van der Waals surface area contributed by atoms with Gasteiger partial charge in [0.2, 0.25) is 5.91 Å². The van der Waals surface area contributed by atoms with Crippen molar-refractivity contribution in [2.45, 2.75) is 32.1 Å². The summed E-state index contributed by atoms with van der Waals surface area (Å²) >= 11 is 0. The minimum atomic E-state index is 0. The summed E-state index contributed by atoms with van der Waals surface area (Å²) in [7, 11) is 0. The lowest BCUT2D eigenvalue weighted by molar-refractivity contribution is -0.129. The molecule has 4 heteroatoms. The number of halogens is 1. The zero-order chi connectivity index (χ0) is 11.1. The molecule has 0 unspecified atom stereocenters. The fraction of sp³-hybridized carbons (Fsp3) is 0.750. The van der Waals surface area contributed by atoms with E-state index in [1.54, 1.807) is 6.08 Å². The lowest BCUT2D eigenvalue weighted by atomic mass is 9.89. The Morgan fingerprint density at radius 1 is 1.38 bits per heavy atom. The number of nitrogens with zero attached hydrogens (tertiary/aromatic N) is 1. The second-order valence-corrected chi connectivity index (χ2v) is 4.30. The summed E-state index contributed by atoms with van der Waals surface area (Å²) in [6, 6.07) is 0. The van der Waals surface area contributed by atoms with Crippen LogP contribution in [0.15, 0.2) is 12.7 Å². The maximum Gasteiger partial charge on any atom is 0.236 e. The molecule has 0 heterocycles. The average Bonchev–Trinajstić information content (AvgIpc) is 2.29. The van der Waals surface area contributed by atoms with Gasteiger partial charge in [0.05, 0.1) is 6.54 Å². The van der Waals surface area contributed by atoms with Gasteiger partial charge in [-0.3, -0.25) is 4.79 Å². The molecule has 0 radical (unpaired) electrons. The Morgan fingerprint density at radius 2 is 2.00 bits per heavy atom. The highest BCUT2D eigenvalue weighted by Gasteiger charge is 2.18. The van der Waals surface area contributed by atoms with E-state index in [9.17, 15) is 4.79 Å².